The zero-order chi connectivity index (χ0) is 24.9. The zero-order valence-corrected chi connectivity index (χ0v) is 18.0. The summed E-state index contributed by atoms with van der Waals surface area (Å²) < 4.78 is 30.4. The first-order chi connectivity index (χ1) is 16.1. The van der Waals surface area contributed by atoms with Gasteiger partial charge in [-0.2, -0.15) is 8.42 Å². The van der Waals surface area contributed by atoms with E-state index in [1.807, 2.05) is 0 Å². The number of para-hydroxylation sites is 1. The first kappa shape index (κ1) is 24.3. The van der Waals surface area contributed by atoms with E-state index >= 15 is 0 Å². The number of ether oxygens (including phenoxy) is 1. The minimum Gasteiger partial charge on any atom is -0.504 e. The highest BCUT2D eigenvalue weighted by Gasteiger charge is 2.43. The molecule has 5 amide bonds. The number of nitrogens with one attached hydrogen (secondary N) is 4. The molecule has 15 heteroatoms. The second-order valence-corrected chi connectivity index (χ2v) is 8.26. The molecule has 1 fully saturated rings. The highest BCUT2D eigenvalue weighted by atomic mass is 32.2. The molecule has 1 atom stereocenters. The van der Waals surface area contributed by atoms with Gasteiger partial charge in [-0.15, -0.1) is 4.83 Å². The first-order valence-electron chi connectivity index (χ1n) is 9.51. The second kappa shape index (κ2) is 10.1. The van der Waals surface area contributed by atoms with Crippen molar-refractivity contribution in [3.63, 3.8) is 0 Å². The first-order valence-corrected chi connectivity index (χ1v) is 11.0. The van der Waals surface area contributed by atoms with E-state index in [0.29, 0.717) is 4.90 Å². The number of likely N-dealkylation sites (tertiary alicyclic amines) is 1. The summed E-state index contributed by atoms with van der Waals surface area (Å²) in [4.78, 5) is 49.9. The van der Waals surface area contributed by atoms with Crippen LogP contribution in [-0.4, -0.2) is 60.1 Å². The topological polar surface area (TPSA) is 203 Å². The van der Waals surface area contributed by atoms with Crippen molar-refractivity contribution in [1.82, 2.24) is 25.2 Å². The average Bonchev–Trinajstić information content (AvgIpc) is 2.80. The largest absolute Gasteiger partial charge is 0.504 e. The summed E-state index contributed by atoms with van der Waals surface area (Å²) in [6, 6.07) is 9.80. The minimum atomic E-state index is -4.66. The molecular formula is C19H19N5O9S. The number of carbonyl (C=O) groups is 4. The van der Waals surface area contributed by atoms with Gasteiger partial charge in [-0.1, -0.05) is 36.4 Å². The van der Waals surface area contributed by atoms with Crippen LogP contribution >= 0.6 is 0 Å². The molecule has 0 aromatic heterocycles. The van der Waals surface area contributed by atoms with E-state index in [1.54, 1.807) is 40.6 Å². The van der Waals surface area contributed by atoms with Gasteiger partial charge in [0.2, 0.25) is 0 Å². The summed E-state index contributed by atoms with van der Waals surface area (Å²) in [6.07, 6.45) is -0.894. The lowest BCUT2D eigenvalue weighted by molar-refractivity contribution is -0.139. The Hall–Kier alpha value is -4.37. The summed E-state index contributed by atoms with van der Waals surface area (Å²) in [5.74, 6) is -3.40. The van der Waals surface area contributed by atoms with E-state index < -0.39 is 57.3 Å². The molecule has 1 heterocycles. The molecule has 0 saturated carbocycles. The Morgan fingerprint density at radius 3 is 2.44 bits per heavy atom. The van der Waals surface area contributed by atoms with Gasteiger partial charge in [0.1, 0.15) is 12.6 Å². The number of aromatic hydroxyl groups is 2. The highest BCUT2D eigenvalue weighted by Crippen LogP contribution is 2.27. The quantitative estimate of drug-likeness (QED) is 0.166. The summed E-state index contributed by atoms with van der Waals surface area (Å²) in [6.45, 7) is -0.349. The predicted molar refractivity (Wildman–Crippen MR) is 113 cm³/mol. The Kier molecular flexibility index (Phi) is 7.18. The van der Waals surface area contributed by atoms with Crippen molar-refractivity contribution in [2.45, 2.75) is 12.6 Å². The molecule has 3 rings (SSSR count). The van der Waals surface area contributed by atoms with Crippen LogP contribution in [0.15, 0.2) is 48.5 Å². The lowest BCUT2D eigenvalue weighted by Gasteiger charge is -2.36. The third kappa shape index (κ3) is 5.90. The molecule has 1 aliphatic heterocycles. The number of carbonyl (C=O) groups excluding carboxylic acids is 4. The number of phenolic OH excluding ortho intramolecular Hbond substituents is 2. The second-order valence-electron chi connectivity index (χ2n) is 6.85. The number of alkyl carbamates (subject to hydrolysis) is 1. The monoisotopic (exact) mass is 493 g/mol. The molecule has 180 valence electrons. The van der Waals surface area contributed by atoms with Crippen LogP contribution in [0.2, 0.25) is 0 Å². The van der Waals surface area contributed by atoms with Crippen LogP contribution in [-0.2, 0) is 26.3 Å². The normalized spacial score (nSPS) is 15.1. The number of amides is 5. The Bertz CT molecular complexity index is 1220. The minimum absolute atomic E-state index is 0.0339. The van der Waals surface area contributed by atoms with Gasteiger partial charge in [0.15, 0.2) is 11.5 Å². The third-order valence-electron chi connectivity index (χ3n) is 4.46. The number of urea groups is 1. The van der Waals surface area contributed by atoms with Crippen molar-refractivity contribution in [1.29, 1.82) is 0 Å². The Morgan fingerprint density at radius 1 is 1.06 bits per heavy atom. The number of rotatable bonds is 7. The van der Waals surface area contributed by atoms with E-state index in [0.717, 1.165) is 17.7 Å². The molecule has 1 saturated heterocycles. The number of nitrogens with zero attached hydrogens (tertiary/aromatic N) is 1. The maximum atomic E-state index is 12.1. The van der Waals surface area contributed by atoms with E-state index in [-0.39, 0.29) is 13.2 Å². The van der Waals surface area contributed by atoms with E-state index in [1.165, 1.54) is 10.8 Å². The standard InChI is InChI=1S/C19H19N5O9S/c25-14-8-4-7-12(15(14)26)16(27)21-23-34(31,32)22-18(29)24-9-13(17(24)28)20-19(30)33-10-11-5-2-1-3-6-11/h1-8,13,23,25-26H,9-10H2,(H,20,30)(H,21,27)(H,22,29). The molecule has 0 aliphatic carbocycles. The maximum Gasteiger partial charge on any atom is 0.408 e. The van der Waals surface area contributed by atoms with Gasteiger partial charge < -0.3 is 20.3 Å². The number of hydrazine groups is 1. The Balaban J connectivity index is 1.44. The molecule has 0 spiro atoms. The van der Waals surface area contributed by atoms with Crippen LogP contribution in [0.1, 0.15) is 15.9 Å². The highest BCUT2D eigenvalue weighted by molar-refractivity contribution is 7.88. The molecule has 1 unspecified atom stereocenters. The summed E-state index contributed by atoms with van der Waals surface area (Å²) in [5, 5.41) is 21.3. The molecule has 6 N–H and O–H groups in total. The molecule has 2 aromatic rings. The van der Waals surface area contributed by atoms with Gasteiger partial charge in [0.05, 0.1) is 12.1 Å². The number of benzene rings is 2. The molecule has 14 nitrogen and oxygen atoms in total. The van der Waals surface area contributed by atoms with Gasteiger partial charge in [0.25, 0.3) is 11.8 Å². The van der Waals surface area contributed by atoms with Crippen molar-refractivity contribution in [2.24, 2.45) is 0 Å². The smallest absolute Gasteiger partial charge is 0.408 e. The van der Waals surface area contributed by atoms with Gasteiger partial charge in [-0.25, -0.2) is 14.3 Å². The van der Waals surface area contributed by atoms with E-state index in [4.69, 9.17) is 4.74 Å². The molecule has 0 radical (unpaired) electrons. The number of phenols is 2. The van der Waals surface area contributed by atoms with Gasteiger partial charge in [0, 0.05) is 0 Å². The lowest BCUT2D eigenvalue weighted by atomic mass is 10.1. The van der Waals surface area contributed by atoms with Crippen LogP contribution < -0.4 is 20.3 Å². The lowest BCUT2D eigenvalue weighted by Crippen LogP contribution is -2.68. The molecule has 0 bridgehead atoms. The fourth-order valence-electron chi connectivity index (χ4n) is 2.71. The van der Waals surface area contributed by atoms with Gasteiger partial charge in [-0.3, -0.25) is 19.9 Å². The fourth-order valence-corrected chi connectivity index (χ4v) is 3.33. The average molecular weight is 493 g/mol. The predicted octanol–water partition coefficient (Wildman–Crippen LogP) is -0.576. The van der Waals surface area contributed by atoms with Crippen LogP contribution in [0.3, 0.4) is 0 Å². The summed E-state index contributed by atoms with van der Waals surface area (Å²) in [5.41, 5.74) is 2.00. The summed E-state index contributed by atoms with van der Waals surface area (Å²) in [7, 11) is -4.66. The van der Waals surface area contributed by atoms with E-state index in [9.17, 15) is 37.8 Å². The molecular weight excluding hydrogens is 474 g/mol. The summed E-state index contributed by atoms with van der Waals surface area (Å²) >= 11 is 0. The van der Waals surface area contributed by atoms with Crippen molar-refractivity contribution >= 4 is 34.1 Å². The van der Waals surface area contributed by atoms with Crippen molar-refractivity contribution in [3.8, 4) is 11.5 Å². The number of hydrogen-bond donors (Lipinski definition) is 6. The van der Waals surface area contributed by atoms with Gasteiger partial charge >= 0.3 is 22.3 Å². The number of β-lactam (4-membered cyclic amide) rings is 1. The molecule has 34 heavy (non-hydrogen) atoms. The SMILES string of the molecule is O=C(NC1CN(C(=O)NS(=O)(=O)NNC(=O)c2cccc(O)c2O)C1=O)OCc1ccccc1. The number of hydrogen-bond acceptors (Lipinski definition) is 9. The Labute approximate surface area is 192 Å². The van der Waals surface area contributed by atoms with Gasteiger partial charge in [-0.05, 0) is 17.7 Å². The Morgan fingerprint density at radius 2 is 1.76 bits per heavy atom. The molecule has 2 aromatic carbocycles. The van der Waals surface area contributed by atoms with Crippen LogP contribution in [0.4, 0.5) is 9.59 Å². The van der Waals surface area contributed by atoms with Crippen LogP contribution in [0.25, 0.3) is 0 Å². The third-order valence-corrected chi connectivity index (χ3v) is 5.27. The van der Waals surface area contributed by atoms with Crippen LogP contribution in [0.5, 0.6) is 11.5 Å². The van der Waals surface area contributed by atoms with Crippen molar-refractivity contribution in [3.05, 3.63) is 59.7 Å². The van der Waals surface area contributed by atoms with Crippen molar-refractivity contribution < 1.29 is 42.5 Å². The van der Waals surface area contributed by atoms with Crippen molar-refractivity contribution in [2.75, 3.05) is 6.54 Å². The number of imide groups is 1. The maximum absolute atomic E-state index is 12.1. The fraction of sp³-hybridized carbons (Fsp3) is 0.158. The van der Waals surface area contributed by atoms with E-state index in [2.05, 4.69) is 5.32 Å². The van der Waals surface area contributed by atoms with Crippen LogP contribution in [0, 0.1) is 0 Å². The molecule has 1 aliphatic rings. The zero-order valence-electron chi connectivity index (χ0n) is 17.2.